The molecule has 1 aliphatic heterocycles. The molecule has 3 aliphatic carbocycles. The molecule has 5 atom stereocenters. The molecule has 116 valence electrons. The predicted molar refractivity (Wildman–Crippen MR) is 81.3 cm³/mol. The van der Waals surface area contributed by atoms with Crippen molar-refractivity contribution in [2.45, 2.75) is 58.5 Å². The van der Waals surface area contributed by atoms with Crippen LogP contribution in [0.4, 0.5) is 0 Å². The van der Waals surface area contributed by atoms with Crippen LogP contribution in [0.2, 0.25) is 0 Å². The average Bonchev–Trinajstić information content (AvgIpc) is 2.93. The predicted octanol–water partition coefficient (Wildman–Crippen LogP) is 2.16. The average molecular weight is 289 g/mol. The summed E-state index contributed by atoms with van der Waals surface area (Å²) >= 11 is 0. The van der Waals surface area contributed by atoms with Crippen LogP contribution in [0.15, 0.2) is 0 Å². The molecule has 4 aliphatic rings. The molecule has 4 rings (SSSR count). The van der Waals surface area contributed by atoms with Crippen molar-refractivity contribution in [3.05, 3.63) is 0 Å². The van der Waals surface area contributed by atoms with Crippen molar-refractivity contribution in [1.82, 2.24) is 10.2 Å². The Hall–Kier alpha value is -1.08. The van der Waals surface area contributed by atoms with Gasteiger partial charge in [0.15, 0.2) is 0 Å². The topological polar surface area (TPSA) is 56.1 Å². The molecule has 1 heterocycles. The number of nitrogens with one attached hydrogen (secondary N) is 1. The van der Waals surface area contributed by atoms with E-state index in [-0.39, 0.29) is 11.9 Å². The Labute approximate surface area is 127 Å². The fourth-order valence-corrected chi connectivity index (χ4v) is 4.94. The summed E-state index contributed by atoms with van der Waals surface area (Å²) < 4.78 is 0. The molecule has 21 heavy (non-hydrogen) atoms. The van der Waals surface area contributed by atoms with E-state index >= 15 is 0 Å². The summed E-state index contributed by atoms with van der Waals surface area (Å²) in [5, 5.41) is 12.6. The molecule has 1 N–H and O–H groups in total. The minimum absolute atomic E-state index is 0.102. The van der Waals surface area contributed by atoms with E-state index in [4.69, 9.17) is 5.26 Å². The van der Waals surface area contributed by atoms with Gasteiger partial charge in [-0.25, -0.2) is 0 Å². The number of hydrogen-bond donors (Lipinski definition) is 1. The lowest BCUT2D eigenvalue weighted by Crippen LogP contribution is -2.60. The quantitative estimate of drug-likeness (QED) is 0.866. The summed E-state index contributed by atoms with van der Waals surface area (Å²) in [4.78, 5) is 14.1. The summed E-state index contributed by atoms with van der Waals surface area (Å²) in [6.45, 7) is 8.26. The monoisotopic (exact) mass is 289 g/mol. The Morgan fingerprint density at radius 1 is 1.43 bits per heavy atom. The zero-order chi connectivity index (χ0) is 15.2. The third-order valence-electron chi connectivity index (χ3n) is 6.59. The number of amides is 1. The van der Waals surface area contributed by atoms with Crippen molar-refractivity contribution in [2.75, 3.05) is 13.1 Å². The number of nitrogens with zero attached hydrogens (tertiary/aromatic N) is 2. The first-order valence-corrected chi connectivity index (χ1v) is 8.37. The molecule has 1 saturated heterocycles. The lowest BCUT2D eigenvalue weighted by Gasteiger charge is -2.62. The van der Waals surface area contributed by atoms with Crippen molar-refractivity contribution >= 4 is 5.91 Å². The maximum Gasteiger partial charge on any atom is 0.237 e. The highest BCUT2D eigenvalue weighted by molar-refractivity contribution is 5.79. The van der Waals surface area contributed by atoms with Gasteiger partial charge in [-0.2, -0.15) is 5.26 Å². The van der Waals surface area contributed by atoms with Gasteiger partial charge in [-0.15, -0.1) is 0 Å². The Balaban J connectivity index is 1.52. The molecular weight excluding hydrogens is 262 g/mol. The highest BCUT2D eigenvalue weighted by Crippen LogP contribution is 2.61. The SMILES string of the molecule is C[C@@H]1[C@H]2C[C@@H](C[C@H]1NCC(=O)N1CCC[C@H]1C#N)C2(C)C. The molecule has 2 bridgehead atoms. The summed E-state index contributed by atoms with van der Waals surface area (Å²) in [5.74, 6) is 2.35. The molecule has 0 aromatic rings. The molecule has 0 unspecified atom stereocenters. The van der Waals surface area contributed by atoms with Gasteiger partial charge < -0.3 is 10.2 Å². The number of likely N-dealkylation sites (tertiary alicyclic amines) is 1. The van der Waals surface area contributed by atoms with Crippen molar-refractivity contribution < 1.29 is 4.79 Å². The third-order valence-corrected chi connectivity index (χ3v) is 6.59. The number of rotatable bonds is 3. The van der Waals surface area contributed by atoms with Crippen molar-refractivity contribution in [2.24, 2.45) is 23.2 Å². The molecule has 4 heteroatoms. The Morgan fingerprint density at radius 3 is 2.81 bits per heavy atom. The molecule has 4 nitrogen and oxygen atoms in total. The van der Waals surface area contributed by atoms with Gasteiger partial charge in [-0.1, -0.05) is 20.8 Å². The van der Waals surface area contributed by atoms with Crippen molar-refractivity contribution in [3.63, 3.8) is 0 Å². The highest BCUT2D eigenvalue weighted by Gasteiger charge is 2.56. The minimum atomic E-state index is -0.199. The lowest BCUT2D eigenvalue weighted by molar-refractivity contribution is -0.133. The van der Waals surface area contributed by atoms with E-state index in [0.717, 1.165) is 31.2 Å². The number of hydrogen-bond acceptors (Lipinski definition) is 3. The Bertz CT molecular complexity index is 467. The van der Waals surface area contributed by atoms with Crippen LogP contribution in [0.1, 0.15) is 46.5 Å². The van der Waals surface area contributed by atoms with Crippen LogP contribution >= 0.6 is 0 Å². The van der Waals surface area contributed by atoms with E-state index in [1.807, 2.05) is 0 Å². The van der Waals surface area contributed by atoms with E-state index in [1.54, 1.807) is 4.90 Å². The van der Waals surface area contributed by atoms with Gasteiger partial charge in [0.1, 0.15) is 6.04 Å². The normalized spacial score (nSPS) is 40.5. The van der Waals surface area contributed by atoms with E-state index < -0.39 is 0 Å². The fraction of sp³-hybridized carbons (Fsp3) is 0.882. The van der Waals surface area contributed by atoms with Gasteiger partial charge >= 0.3 is 0 Å². The molecule has 0 aromatic carbocycles. The van der Waals surface area contributed by atoms with Crippen LogP contribution in [-0.2, 0) is 4.79 Å². The Kier molecular flexibility index (Phi) is 3.73. The van der Waals surface area contributed by atoms with Gasteiger partial charge in [0.25, 0.3) is 0 Å². The first-order valence-electron chi connectivity index (χ1n) is 8.37. The standard InChI is InChI=1S/C17H27N3O/c1-11-14-7-12(17(14,2)3)8-15(11)19-10-16(21)20-6-4-5-13(20)9-18/h11-15,19H,4-8,10H2,1-3H3/t11-,12+,13+,14-,15-/m1/s1. The summed E-state index contributed by atoms with van der Waals surface area (Å²) in [5.41, 5.74) is 0.489. The third kappa shape index (κ3) is 2.36. The number of nitriles is 1. The van der Waals surface area contributed by atoms with Crippen LogP contribution in [0.5, 0.6) is 0 Å². The summed E-state index contributed by atoms with van der Waals surface area (Å²) in [6, 6.07) is 2.51. The maximum absolute atomic E-state index is 12.3. The smallest absolute Gasteiger partial charge is 0.237 e. The van der Waals surface area contributed by atoms with E-state index in [1.165, 1.54) is 12.8 Å². The lowest BCUT2D eigenvalue weighted by atomic mass is 9.45. The molecule has 0 aromatic heterocycles. The van der Waals surface area contributed by atoms with Crippen molar-refractivity contribution in [1.29, 1.82) is 5.26 Å². The second kappa shape index (κ2) is 5.28. The van der Waals surface area contributed by atoms with Gasteiger partial charge in [0.05, 0.1) is 12.6 Å². The van der Waals surface area contributed by atoms with Gasteiger partial charge in [0, 0.05) is 12.6 Å². The number of fused-ring (bicyclic) bond motifs is 2. The molecule has 3 saturated carbocycles. The molecule has 0 spiro atoms. The van der Waals surface area contributed by atoms with Crippen LogP contribution < -0.4 is 5.32 Å². The maximum atomic E-state index is 12.3. The number of carbonyl (C=O) groups excluding carboxylic acids is 1. The Morgan fingerprint density at radius 2 is 2.19 bits per heavy atom. The van der Waals surface area contributed by atoms with Gasteiger partial charge in [-0.05, 0) is 48.9 Å². The zero-order valence-electron chi connectivity index (χ0n) is 13.4. The molecular formula is C17H27N3O. The van der Waals surface area contributed by atoms with Crippen LogP contribution in [0.25, 0.3) is 0 Å². The van der Waals surface area contributed by atoms with Crippen molar-refractivity contribution in [3.8, 4) is 6.07 Å². The highest BCUT2D eigenvalue weighted by atomic mass is 16.2. The van der Waals surface area contributed by atoms with Crippen LogP contribution in [-0.4, -0.2) is 36.0 Å². The first-order chi connectivity index (χ1) is 9.95. The largest absolute Gasteiger partial charge is 0.326 e. The molecule has 4 fully saturated rings. The van der Waals surface area contributed by atoms with E-state index in [2.05, 4.69) is 32.2 Å². The second-order valence-corrected chi connectivity index (χ2v) is 7.82. The van der Waals surface area contributed by atoms with E-state index in [9.17, 15) is 4.79 Å². The van der Waals surface area contributed by atoms with E-state index in [0.29, 0.717) is 23.9 Å². The molecule has 1 amide bonds. The van der Waals surface area contributed by atoms with Gasteiger partial charge in [0.2, 0.25) is 5.91 Å². The minimum Gasteiger partial charge on any atom is -0.326 e. The second-order valence-electron chi connectivity index (χ2n) is 7.82. The number of carbonyl (C=O) groups is 1. The summed E-state index contributed by atoms with van der Waals surface area (Å²) in [7, 11) is 0. The van der Waals surface area contributed by atoms with Crippen LogP contribution in [0.3, 0.4) is 0 Å². The van der Waals surface area contributed by atoms with Gasteiger partial charge in [-0.3, -0.25) is 4.79 Å². The molecule has 0 radical (unpaired) electrons. The summed E-state index contributed by atoms with van der Waals surface area (Å²) in [6.07, 6.45) is 4.35. The first kappa shape index (κ1) is 14.8. The zero-order valence-corrected chi connectivity index (χ0v) is 13.4. The fourth-order valence-electron chi connectivity index (χ4n) is 4.94. The van der Waals surface area contributed by atoms with Crippen LogP contribution in [0, 0.1) is 34.5 Å².